The van der Waals surface area contributed by atoms with Crippen LogP contribution in [0.4, 0.5) is 0 Å². The number of halogens is 1. The zero-order valence-corrected chi connectivity index (χ0v) is 13.0. The number of nitrogens with one attached hydrogen (secondary N) is 1. The molecule has 0 amide bonds. The summed E-state index contributed by atoms with van der Waals surface area (Å²) in [6.07, 6.45) is 3.65. The summed E-state index contributed by atoms with van der Waals surface area (Å²) in [6, 6.07) is 6.86. The minimum Gasteiger partial charge on any atom is -0.437 e. The van der Waals surface area contributed by atoms with Crippen molar-refractivity contribution >= 4 is 34.0 Å². The molecule has 2 N–H and O–H groups in total. The summed E-state index contributed by atoms with van der Waals surface area (Å²) in [6.45, 7) is 1.87. The number of fused-ring (bicyclic) bond motifs is 3. The largest absolute Gasteiger partial charge is 0.437 e. The van der Waals surface area contributed by atoms with Crippen LogP contribution in [0.1, 0.15) is 31.1 Å². The third kappa shape index (κ3) is 1.85. The van der Waals surface area contributed by atoms with E-state index in [0.717, 1.165) is 21.3 Å². The number of aromatic nitrogens is 2. The second-order valence-corrected chi connectivity index (χ2v) is 6.95. The van der Waals surface area contributed by atoms with E-state index in [2.05, 4.69) is 31.8 Å². The molecule has 2 bridgehead atoms. The lowest BCUT2D eigenvalue weighted by atomic mass is 9.79. The highest BCUT2D eigenvalue weighted by molar-refractivity contribution is 9.10. The van der Waals surface area contributed by atoms with Crippen molar-refractivity contribution in [3.63, 3.8) is 0 Å². The Bertz CT molecular complexity index is 659. The van der Waals surface area contributed by atoms with Crippen LogP contribution in [0.3, 0.4) is 0 Å². The van der Waals surface area contributed by atoms with E-state index >= 15 is 0 Å². The Hall–Kier alpha value is -0.845. The number of H-pyrrole nitrogens is 1. The normalized spacial score (nSPS) is 29.4. The number of aromatic amines is 1. The van der Waals surface area contributed by atoms with Gasteiger partial charge in [-0.2, -0.15) is 0 Å². The van der Waals surface area contributed by atoms with Crippen molar-refractivity contribution in [2.24, 2.45) is 5.92 Å². The third-order valence-corrected chi connectivity index (χ3v) is 5.30. The molecule has 0 radical (unpaired) electrons. The molecule has 2 aliphatic rings. The summed E-state index contributed by atoms with van der Waals surface area (Å²) in [5.74, 6) is 1.63. The Morgan fingerprint density at radius 3 is 3.10 bits per heavy atom. The van der Waals surface area contributed by atoms with Crippen LogP contribution in [-0.4, -0.2) is 32.9 Å². The summed E-state index contributed by atoms with van der Waals surface area (Å²) < 4.78 is 1.06. The highest BCUT2D eigenvalue weighted by Gasteiger charge is 2.49. The Morgan fingerprint density at radius 2 is 2.30 bits per heavy atom. The van der Waals surface area contributed by atoms with Crippen molar-refractivity contribution in [2.75, 3.05) is 0 Å². The molecule has 0 spiro atoms. The number of imidazole rings is 1. The highest BCUT2D eigenvalue weighted by Crippen LogP contribution is 2.49. The average molecular weight is 334 g/mol. The van der Waals surface area contributed by atoms with Crippen molar-refractivity contribution in [3.05, 3.63) is 28.5 Å². The van der Waals surface area contributed by atoms with Gasteiger partial charge in [0.15, 0.2) is 0 Å². The Balaban J connectivity index is 1.77. The Labute approximate surface area is 126 Å². The average Bonchev–Trinajstić information content (AvgIpc) is 3.09. The second-order valence-electron chi connectivity index (χ2n) is 6.03. The first kappa shape index (κ1) is 12.9. The van der Waals surface area contributed by atoms with Gasteiger partial charge in [-0.1, -0.05) is 15.9 Å². The molecular formula is C14H17BBrN3O. The van der Waals surface area contributed by atoms with E-state index in [1.165, 1.54) is 19.3 Å². The van der Waals surface area contributed by atoms with Crippen molar-refractivity contribution < 1.29 is 5.02 Å². The van der Waals surface area contributed by atoms with Crippen LogP contribution in [0.2, 0.25) is 6.82 Å². The van der Waals surface area contributed by atoms with E-state index in [1.807, 2.05) is 19.0 Å². The molecule has 6 heteroatoms. The van der Waals surface area contributed by atoms with Crippen molar-refractivity contribution in [1.29, 1.82) is 0 Å². The van der Waals surface area contributed by atoms with Crippen LogP contribution < -0.4 is 0 Å². The fraction of sp³-hybridized carbons (Fsp3) is 0.500. The van der Waals surface area contributed by atoms with E-state index in [1.54, 1.807) is 0 Å². The third-order valence-electron chi connectivity index (χ3n) is 4.81. The van der Waals surface area contributed by atoms with Gasteiger partial charge in [0.05, 0.1) is 17.1 Å². The first-order valence-corrected chi connectivity index (χ1v) is 8.03. The Kier molecular flexibility index (Phi) is 2.95. The lowest BCUT2D eigenvalue weighted by Crippen LogP contribution is -2.44. The van der Waals surface area contributed by atoms with Gasteiger partial charge in [-0.05, 0) is 50.2 Å². The SMILES string of the molecule is CB(O)N1C2CCC(C2)[C@H]1c1nc2ccc(Br)cc2[nH]1. The van der Waals surface area contributed by atoms with E-state index in [4.69, 9.17) is 4.98 Å². The number of hydrogen-bond donors (Lipinski definition) is 2. The van der Waals surface area contributed by atoms with Gasteiger partial charge in [-0.3, -0.25) is 0 Å². The molecule has 1 aromatic carbocycles. The predicted molar refractivity (Wildman–Crippen MR) is 83.3 cm³/mol. The van der Waals surface area contributed by atoms with Crippen molar-refractivity contribution in [1.82, 2.24) is 14.8 Å². The summed E-state index contributed by atoms with van der Waals surface area (Å²) in [5, 5.41) is 10.1. The maximum atomic E-state index is 10.1. The number of hydrogen-bond acceptors (Lipinski definition) is 3. The zero-order chi connectivity index (χ0) is 13.9. The molecule has 3 atom stereocenters. The van der Waals surface area contributed by atoms with Crippen molar-refractivity contribution in [3.8, 4) is 0 Å². The monoisotopic (exact) mass is 333 g/mol. The number of rotatable bonds is 2. The maximum Gasteiger partial charge on any atom is 0.377 e. The minimum absolute atomic E-state index is 0.236. The van der Waals surface area contributed by atoms with Gasteiger partial charge in [0.25, 0.3) is 0 Å². The number of benzene rings is 1. The molecule has 2 unspecified atom stereocenters. The zero-order valence-electron chi connectivity index (χ0n) is 11.4. The summed E-state index contributed by atoms with van der Waals surface area (Å²) in [7, 11) is -0.407. The first-order valence-electron chi connectivity index (χ1n) is 7.24. The van der Waals surface area contributed by atoms with E-state index < -0.39 is 7.05 Å². The quantitative estimate of drug-likeness (QED) is 0.831. The molecule has 1 aromatic heterocycles. The molecule has 2 heterocycles. The van der Waals surface area contributed by atoms with Gasteiger partial charge in [0.2, 0.25) is 0 Å². The van der Waals surface area contributed by atoms with Crippen LogP contribution in [0.15, 0.2) is 22.7 Å². The minimum atomic E-state index is -0.407. The lowest BCUT2D eigenvalue weighted by molar-refractivity contribution is 0.211. The molecule has 2 fully saturated rings. The molecule has 2 aromatic rings. The molecule has 1 saturated carbocycles. The molecule has 104 valence electrons. The van der Waals surface area contributed by atoms with Gasteiger partial charge in [-0.25, -0.2) is 4.98 Å². The second kappa shape index (κ2) is 4.58. The van der Waals surface area contributed by atoms with Gasteiger partial charge < -0.3 is 14.8 Å². The van der Waals surface area contributed by atoms with Gasteiger partial charge >= 0.3 is 7.05 Å². The predicted octanol–water partition coefficient (Wildman–Crippen LogP) is 2.96. The topological polar surface area (TPSA) is 52.1 Å². The summed E-state index contributed by atoms with van der Waals surface area (Å²) in [5.41, 5.74) is 2.05. The molecule has 20 heavy (non-hydrogen) atoms. The molecule has 4 nitrogen and oxygen atoms in total. The fourth-order valence-corrected chi connectivity index (χ4v) is 4.42. The Morgan fingerprint density at radius 1 is 1.45 bits per heavy atom. The molecule has 4 rings (SSSR count). The van der Waals surface area contributed by atoms with Crippen LogP contribution >= 0.6 is 15.9 Å². The number of piperidine rings is 1. The molecule has 1 saturated heterocycles. The van der Waals surface area contributed by atoms with Crippen LogP contribution in [0, 0.1) is 5.92 Å². The smallest absolute Gasteiger partial charge is 0.377 e. The van der Waals surface area contributed by atoms with E-state index in [0.29, 0.717) is 12.0 Å². The summed E-state index contributed by atoms with van der Waals surface area (Å²) in [4.78, 5) is 10.4. The van der Waals surface area contributed by atoms with Crippen LogP contribution in [-0.2, 0) is 0 Å². The fourth-order valence-electron chi connectivity index (χ4n) is 4.06. The van der Waals surface area contributed by atoms with Gasteiger partial charge in [-0.15, -0.1) is 0 Å². The molecule has 1 aliphatic carbocycles. The van der Waals surface area contributed by atoms with Crippen molar-refractivity contribution in [2.45, 2.75) is 38.2 Å². The van der Waals surface area contributed by atoms with E-state index in [-0.39, 0.29) is 6.04 Å². The summed E-state index contributed by atoms with van der Waals surface area (Å²) >= 11 is 3.49. The molecule has 1 aliphatic heterocycles. The lowest BCUT2D eigenvalue weighted by Gasteiger charge is -2.34. The van der Waals surface area contributed by atoms with Crippen LogP contribution in [0.5, 0.6) is 0 Å². The maximum absolute atomic E-state index is 10.1. The number of nitrogens with zero attached hydrogens (tertiary/aromatic N) is 2. The van der Waals surface area contributed by atoms with Gasteiger partial charge in [0, 0.05) is 10.5 Å². The molecular weight excluding hydrogens is 317 g/mol. The highest BCUT2D eigenvalue weighted by atomic mass is 79.9. The van der Waals surface area contributed by atoms with E-state index in [9.17, 15) is 5.02 Å². The standard InChI is InChI=1S/C14H17BBrN3O/c1-15(20)19-10-4-2-8(6-10)13(19)14-17-11-5-3-9(16)7-12(11)18-14/h3,5,7-8,10,13,20H,2,4,6H2,1H3,(H,17,18)/t8?,10?,13-/m0/s1. The van der Waals surface area contributed by atoms with Gasteiger partial charge in [0.1, 0.15) is 5.82 Å². The van der Waals surface area contributed by atoms with Crippen LogP contribution in [0.25, 0.3) is 11.0 Å². The first-order chi connectivity index (χ1) is 9.63.